The summed E-state index contributed by atoms with van der Waals surface area (Å²) in [6.45, 7) is 8.21. The summed E-state index contributed by atoms with van der Waals surface area (Å²) in [5.41, 5.74) is 0.0786. The summed E-state index contributed by atoms with van der Waals surface area (Å²) in [5.74, 6) is -0.0836. The highest BCUT2D eigenvalue weighted by Crippen LogP contribution is 2.50. The van der Waals surface area contributed by atoms with Gasteiger partial charge < -0.3 is 14.2 Å². The van der Waals surface area contributed by atoms with Crippen LogP contribution >= 0.6 is 0 Å². The summed E-state index contributed by atoms with van der Waals surface area (Å²) in [5, 5.41) is 0. The van der Waals surface area contributed by atoms with Crippen LogP contribution in [0, 0.1) is 5.41 Å². The number of hydrogen-bond acceptors (Lipinski definition) is 5. The number of imidazole rings is 1. The van der Waals surface area contributed by atoms with Crippen molar-refractivity contribution in [2.24, 2.45) is 5.41 Å². The third kappa shape index (κ3) is 3.71. The molecule has 0 aliphatic carbocycles. The van der Waals surface area contributed by atoms with Crippen LogP contribution < -0.4 is 0 Å². The smallest absolute Gasteiger partial charge is 0.231 e. The number of aromatic nitrogens is 2. The van der Waals surface area contributed by atoms with Crippen LogP contribution in [0.1, 0.15) is 51.3 Å². The Morgan fingerprint density at radius 2 is 2.14 bits per heavy atom. The highest BCUT2D eigenvalue weighted by molar-refractivity contribution is 7.89. The molecule has 28 heavy (non-hydrogen) atoms. The molecule has 3 heterocycles. The molecule has 158 valence electrons. The minimum absolute atomic E-state index is 0.0304. The van der Waals surface area contributed by atoms with Gasteiger partial charge in [0.25, 0.3) is 0 Å². The number of hydrogen-bond donors (Lipinski definition) is 0. The highest BCUT2D eigenvalue weighted by atomic mass is 32.2. The van der Waals surface area contributed by atoms with Gasteiger partial charge in [-0.25, -0.2) is 17.7 Å². The van der Waals surface area contributed by atoms with E-state index in [1.807, 2.05) is 22.6 Å². The summed E-state index contributed by atoms with van der Waals surface area (Å²) >= 11 is 0. The van der Waals surface area contributed by atoms with E-state index in [0.29, 0.717) is 39.1 Å². The Morgan fingerprint density at radius 3 is 2.75 bits per heavy atom. The number of carbonyl (C=O) groups is 1. The summed E-state index contributed by atoms with van der Waals surface area (Å²) in [6.07, 6.45) is 4.95. The molecule has 8 nitrogen and oxygen atoms in total. The fourth-order valence-corrected chi connectivity index (χ4v) is 5.98. The van der Waals surface area contributed by atoms with Crippen molar-refractivity contribution < 1.29 is 17.9 Å². The molecular formula is C19H32N4O4S. The van der Waals surface area contributed by atoms with Crippen LogP contribution in [0.25, 0.3) is 0 Å². The van der Waals surface area contributed by atoms with Gasteiger partial charge in [-0.05, 0) is 26.7 Å². The van der Waals surface area contributed by atoms with E-state index in [1.54, 1.807) is 13.4 Å². The van der Waals surface area contributed by atoms with E-state index in [-0.39, 0.29) is 30.2 Å². The summed E-state index contributed by atoms with van der Waals surface area (Å²) < 4.78 is 34.2. The number of carbonyl (C=O) groups excluding carboxylic acids is 1. The Labute approximate surface area is 167 Å². The maximum atomic E-state index is 13.4. The van der Waals surface area contributed by atoms with Gasteiger partial charge in [0.1, 0.15) is 0 Å². The summed E-state index contributed by atoms with van der Waals surface area (Å²) in [4.78, 5) is 19.8. The quantitative estimate of drug-likeness (QED) is 0.645. The zero-order valence-electron chi connectivity index (χ0n) is 17.3. The molecule has 3 rings (SSSR count). The summed E-state index contributed by atoms with van der Waals surface area (Å²) in [6, 6.07) is 0.260. The second-order valence-corrected chi connectivity index (χ2v) is 10.3. The third-order valence-electron chi connectivity index (χ3n) is 6.05. The molecule has 0 bridgehead atoms. The number of sulfonamides is 1. The summed E-state index contributed by atoms with van der Waals surface area (Å²) in [7, 11) is -1.76. The van der Waals surface area contributed by atoms with Crippen LogP contribution in [-0.2, 0) is 19.6 Å². The largest absolute Gasteiger partial charge is 0.383 e. The van der Waals surface area contributed by atoms with E-state index in [2.05, 4.69) is 18.8 Å². The minimum atomic E-state index is -3.38. The Kier molecular flexibility index (Phi) is 6.17. The topological polar surface area (TPSA) is 84.7 Å². The van der Waals surface area contributed by atoms with E-state index >= 15 is 0 Å². The Bertz CT molecular complexity index is 807. The lowest BCUT2D eigenvalue weighted by molar-refractivity contribution is -0.136. The lowest BCUT2D eigenvalue weighted by Crippen LogP contribution is -2.41. The number of nitrogens with zero attached hydrogens (tertiary/aromatic N) is 4. The molecule has 0 aromatic carbocycles. The van der Waals surface area contributed by atoms with Gasteiger partial charge in [0, 0.05) is 51.4 Å². The molecule has 2 fully saturated rings. The first-order valence-electron chi connectivity index (χ1n) is 10.0. The van der Waals surface area contributed by atoms with Crippen molar-refractivity contribution in [2.45, 2.75) is 45.6 Å². The molecule has 1 spiro atoms. The van der Waals surface area contributed by atoms with E-state index in [9.17, 15) is 13.2 Å². The van der Waals surface area contributed by atoms with Crippen LogP contribution in [0.5, 0.6) is 0 Å². The van der Waals surface area contributed by atoms with Crippen molar-refractivity contribution in [3.8, 4) is 0 Å². The van der Waals surface area contributed by atoms with Crippen LogP contribution in [0.3, 0.4) is 0 Å². The first-order valence-corrected chi connectivity index (χ1v) is 11.7. The van der Waals surface area contributed by atoms with Gasteiger partial charge >= 0.3 is 0 Å². The molecule has 2 saturated heterocycles. The van der Waals surface area contributed by atoms with E-state index < -0.39 is 15.4 Å². The fraction of sp³-hybridized carbons (Fsp3) is 0.789. The average molecular weight is 413 g/mol. The standard InChI is InChI=1S/C19H32N4O4S/c1-5-10-28(25,26)23-11-16(17-12-22(14-20-17)15(2)3)19(13-23)6-7-21(18(19)24)8-9-27-4/h12,14-16H,5-11,13H2,1-4H3/t16-,19-/m0/s1. The lowest BCUT2D eigenvalue weighted by atomic mass is 9.75. The maximum Gasteiger partial charge on any atom is 0.231 e. The zero-order chi connectivity index (χ0) is 20.5. The number of amides is 1. The molecule has 2 aliphatic heterocycles. The molecule has 0 N–H and O–H groups in total. The van der Waals surface area contributed by atoms with Gasteiger partial charge in [-0.15, -0.1) is 0 Å². The van der Waals surface area contributed by atoms with Gasteiger partial charge in [-0.1, -0.05) is 6.92 Å². The maximum absolute atomic E-state index is 13.4. The van der Waals surface area contributed by atoms with Crippen molar-refractivity contribution in [1.82, 2.24) is 18.8 Å². The first-order chi connectivity index (χ1) is 13.2. The van der Waals surface area contributed by atoms with E-state index in [4.69, 9.17) is 4.74 Å². The normalized spacial score (nSPS) is 26.2. The third-order valence-corrected chi connectivity index (χ3v) is 8.04. The van der Waals surface area contributed by atoms with Crippen molar-refractivity contribution >= 4 is 15.9 Å². The molecule has 0 radical (unpaired) electrons. The second kappa shape index (κ2) is 8.12. The Balaban J connectivity index is 1.95. The molecular weight excluding hydrogens is 380 g/mol. The van der Waals surface area contributed by atoms with Crippen LogP contribution in [0.15, 0.2) is 12.5 Å². The van der Waals surface area contributed by atoms with Crippen LogP contribution in [-0.4, -0.2) is 78.7 Å². The predicted molar refractivity (Wildman–Crippen MR) is 107 cm³/mol. The van der Waals surface area contributed by atoms with E-state index in [1.165, 1.54) is 4.31 Å². The molecule has 9 heteroatoms. The molecule has 0 unspecified atom stereocenters. The van der Waals surface area contributed by atoms with Crippen molar-refractivity contribution in [3.05, 3.63) is 18.2 Å². The lowest BCUT2D eigenvalue weighted by Gasteiger charge is -2.28. The number of ether oxygens (including phenoxy) is 1. The molecule has 1 aromatic rings. The fourth-order valence-electron chi connectivity index (χ4n) is 4.40. The molecule has 2 atom stereocenters. The van der Waals surface area contributed by atoms with Gasteiger partial charge in [0.15, 0.2) is 0 Å². The Morgan fingerprint density at radius 1 is 1.39 bits per heavy atom. The van der Waals surface area contributed by atoms with Gasteiger partial charge in [-0.3, -0.25) is 4.79 Å². The minimum Gasteiger partial charge on any atom is -0.383 e. The average Bonchev–Trinajstić information content (AvgIpc) is 3.33. The highest BCUT2D eigenvalue weighted by Gasteiger charge is 2.59. The molecule has 1 amide bonds. The molecule has 0 saturated carbocycles. The van der Waals surface area contributed by atoms with Crippen molar-refractivity contribution in [2.75, 3.05) is 45.6 Å². The predicted octanol–water partition coefficient (Wildman–Crippen LogP) is 1.47. The number of rotatable bonds is 8. The SMILES string of the molecule is CCCS(=O)(=O)N1C[C@@H](c2cn(C(C)C)cn2)[C@]2(CCN(CCOC)C2=O)C1. The van der Waals surface area contributed by atoms with Crippen molar-refractivity contribution in [3.63, 3.8) is 0 Å². The number of methoxy groups -OCH3 is 1. The first kappa shape index (κ1) is 21.3. The Hall–Kier alpha value is -1.45. The molecule has 1 aromatic heterocycles. The van der Waals surface area contributed by atoms with E-state index in [0.717, 1.165) is 5.69 Å². The number of likely N-dealkylation sites (tertiary alicyclic amines) is 1. The van der Waals surface area contributed by atoms with Crippen LogP contribution in [0.4, 0.5) is 0 Å². The van der Waals surface area contributed by atoms with Gasteiger partial charge in [0.05, 0.1) is 29.8 Å². The van der Waals surface area contributed by atoms with Crippen molar-refractivity contribution in [1.29, 1.82) is 0 Å². The second-order valence-electron chi connectivity index (χ2n) is 8.19. The van der Waals surface area contributed by atoms with Crippen LogP contribution in [0.2, 0.25) is 0 Å². The van der Waals surface area contributed by atoms with Gasteiger partial charge in [-0.2, -0.15) is 0 Å². The zero-order valence-corrected chi connectivity index (χ0v) is 18.1. The van der Waals surface area contributed by atoms with Gasteiger partial charge in [0.2, 0.25) is 15.9 Å². The molecule has 2 aliphatic rings. The monoisotopic (exact) mass is 412 g/mol.